The van der Waals surface area contributed by atoms with Crippen LogP contribution in [0.1, 0.15) is 60.6 Å². The first-order valence-corrected chi connectivity index (χ1v) is 14.0. The van der Waals surface area contributed by atoms with Crippen molar-refractivity contribution in [2.75, 3.05) is 38.5 Å². The second kappa shape index (κ2) is 9.58. The lowest BCUT2D eigenvalue weighted by Crippen LogP contribution is -2.55. The first-order chi connectivity index (χ1) is 17.1. The maximum Gasteiger partial charge on any atom is 0.274 e. The van der Waals surface area contributed by atoms with E-state index in [1.165, 1.54) is 4.88 Å². The predicted octanol–water partition coefficient (Wildman–Crippen LogP) is 3.20. The zero-order valence-electron chi connectivity index (χ0n) is 22.0. The van der Waals surface area contributed by atoms with Gasteiger partial charge in [-0.2, -0.15) is 0 Å². The standard InChI is InChI=1S/C27H39N5O3S/c1-16(25(35)32-13-11-30(4)12-14-32)18-8-9-27(3)15-20-22(17(2)21(27)23(18)33)28-26(36-20)29-24(34)19-7-6-10-31(19)5/h6-7,10,16-18,21,23,33H,8-9,11-15H2,1-5H3,(H,28,29,34). The van der Waals surface area contributed by atoms with E-state index in [1.807, 2.05) is 31.1 Å². The van der Waals surface area contributed by atoms with Crippen LogP contribution >= 0.6 is 11.3 Å². The van der Waals surface area contributed by atoms with Crippen molar-refractivity contribution in [1.29, 1.82) is 0 Å². The van der Waals surface area contributed by atoms with Gasteiger partial charge in [0, 0.05) is 56.1 Å². The molecule has 5 rings (SSSR count). The summed E-state index contributed by atoms with van der Waals surface area (Å²) in [5.74, 6) is -0.142. The molecule has 6 atom stereocenters. The van der Waals surface area contributed by atoms with E-state index in [0.717, 1.165) is 51.1 Å². The van der Waals surface area contributed by atoms with Gasteiger partial charge in [0.25, 0.3) is 5.91 Å². The van der Waals surface area contributed by atoms with Crippen molar-refractivity contribution in [2.45, 2.75) is 52.1 Å². The number of hydrogen-bond donors (Lipinski definition) is 2. The molecule has 0 aromatic carbocycles. The molecule has 0 radical (unpaired) electrons. The summed E-state index contributed by atoms with van der Waals surface area (Å²) in [6, 6.07) is 3.64. The zero-order chi connectivity index (χ0) is 25.8. The molecule has 8 nitrogen and oxygen atoms in total. The molecule has 9 heteroatoms. The summed E-state index contributed by atoms with van der Waals surface area (Å²) < 4.78 is 1.79. The summed E-state index contributed by atoms with van der Waals surface area (Å²) in [5.41, 5.74) is 1.53. The molecule has 3 heterocycles. The number of amides is 2. The van der Waals surface area contributed by atoms with Crippen LogP contribution in [0.5, 0.6) is 0 Å². The van der Waals surface area contributed by atoms with Gasteiger partial charge < -0.3 is 19.5 Å². The SMILES string of the molecule is CC(C(=O)N1CCN(C)CC1)C1CCC2(C)Cc3sc(NC(=O)c4cccn4C)nc3C(C)C2C1O. The molecular formula is C27H39N5O3S. The number of aliphatic hydroxyl groups is 1. The second-order valence-corrected chi connectivity index (χ2v) is 12.6. The molecule has 2 amide bonds. The predicted molar refractivity (Wildman–Crippen MR) is 141 cm³/mol. The molecule has 2 aromatic heterocycles. The minimum atomic E-state index is -0.554. The van der Waals surface area contributed by atoms with Crippen molar-refractivity contribution in [3.8, 4) is 0 Å². The number of aliphatic hydroxyl groups excluding tert-OH is 1. The number of fused-ring (bicyclic) bond motifs is 2. The molecule has 0 spiro atoms. The molecular weight excluding hydrogens is 474 g/mol. The average Bonchev–Trinajstić information content (AvgIpc) is 3.44. The number of rotatable bonds is 4. The quantitative estimate of drug-likeness (QED) is 0.655. The fourth-order valence-electron chi connectivity index (χ4n) is 6.96. The Hall–Kier alpha value is -2.23. The van der Waals surface area contributed by atoms with Crippen LogP contribution in [0.25, 0.3) is 0 Å². The number of hydrogen-bond acceptors (Lipinski definition) is 6. The summed E-state index contributed by atoms with van der Waals surface area (Å²) >= 11 is 1.56. The molecule has 2 aliphatic carbocycles. The maximum atomic E-state index is 13.3. The number of piperazine rings is 1. The van der Waals surface area contributed by atoms with Crippen molar-refractivity contribution >= 4 is 28.3 Å². The van der Waals surface area contributed by atoms with E-state index < -0.39 is 6.10 Å². The molecule has 2 fully saturated rings. The van der Waals surface area contributed by atoms with E-state index in [0.29, 0.717) is 10.8 Å². The lowest BCUT2D eigenvalue weighted by Gasteiger charge is -2.53. The molecule has 196 valence electrons. The number of likely N-dealkylation sites (N-methyl/N-ethyl adjacent to an activating group) is 1. The van der Waals surface area contributed by atoms with Crippen molar-refractivity contribution in [2.24, 2.45) is 30.2 Å². The van der Waals surface area contributed by atoms with E-state index in [1.54, 1.807) is 22.0 Å². The largest absolute Gasteiger partial charge is 0.392 e. The van der Waals surface area contributed by atoms with E-state index >= 15 is 0 Å². The number of anilines is 1. The van der Waals surface area contributed by atoms with Crippen LogP contribution in [0.4, 0.5) is 5.13 Å². The maximum absolute atomic E-state index is 13.3. The summed E-state index contributed by atoms with van der Waals surface area (Å²) in [4.78, 5) is 36.4. The Balaban J connectivity index is 1.33. The molecule has 0 bridgehead atoms. The summed E-state index contributed by atoms with van der Waals surface area (Å²) in [6.45, 7) is 9.78. The molecule has 2 aromatic rings. The monoisotopic (exact) mass is 513 g/mol. The number of thiazole rings is 1. The van der Waals surface area contributed by atoms with Crippen LogP contribution in [0, 0.1) is 23.2 Å². The Bertz CT molecular complexity index is 1140. The summed E-state index contributed by atoms with van der Waals surface area (Å²) in [6.07, 6.45) is 3.98. The van der Waals surface area contributed by atoms with Crippen LogP contribution in [-0.4, -0.2) is 75.6 Å². The number of carbonyl (C=O) groups excluding carboxylic acids is 2. The van der Waals surface area contributed by atoms with Crippen LogP contribution in [-0.2, 0) is 18.3 Å². The van der Waals surface area contributed by atoms with Gasteiger partial charge in [-0.1, -0.05) is 20.8 Å². The van der Waals surface area contributed by atoms with Gasteiger partial charge in [0.1, 0.15) is 5.69 Å². The van der Waals surface area contributed by atoms with E-state index in [9.17, 15) is 14.7 Å². The van der Waals surface area contributed by atoms with E-state index in [4.69, 9.17) is 4.98 Å². The molecule has 1 aliphatic heterocycles. The van der Waals surface area contributed by atoms with Crippen LogP contribution in [0.15, 0.2) is 18.3 Å². The highest BCUT2D eigenvalue weighted by molar-refractivity contribution is 7.15. The van der Waals surface area contributed by atoms with Crippen LogP contribution in [0.2, 0.25) is 0 Å². The van der Waals surface area contributed by atoms with Crippen LogP contribution in [0.3, 0.4) is 0 Å². The van der Waals surface area contributed by atoms with Crippen molar-refractivity contribution in [3.05, 3.63) is 34.6 Å². The van der Waals surface area contributed by atoms with Gasteiger partial charge >= 0.3 is 0 Å². The van der Waals surface area contributed by atoms with E-state index in [-0.39, 0.29) is 40.9 Å². The van der Waals surface area contributed by atoms with Gasteiger partial charge in [-0.3, -0.25) is 14.9 Å². The Morgan fingerprint density at radius 2 is 1.97 bits per heavy atom. The second-order valence-electron chi connectivity index (χ2n) is 11.5. The highest BCUT2D eigenvalue weighted by atomic mass is 32.1. The fourth-order valence-corrected chi connectivity index (χ4v) is 8.22. The summed E-state index contributed by atoms with van der Waals surface area (Å²) in [7, 11) is 3.94. The van der Waals surface area contributed by atoms with Gasteiger partial charge in [-0.05, 0) is 55.7 Å². The zero-order valence-corrected chi connectivity index (χ0v) is 22.8. The van der Waals surface area contributed by atoms with Gasteiger partial charge in [0.15, 0.2) is 5.13 Å². The van der Waals surface area contributed by atoms with Crippen LogP contribution < -0.4 is 5.32 Å². The minimum absolute atomic E-state index is 0.0324. The number of aryl methyl sites for hydroxylation is 1. The highest BCUT2D eigenvalue weighted by Crippen LogP contribution is 2.57. The van der Waals surface area contributed by atoms with Gasteiger partial charge in [0.05, 0.1) is 11.8 Å². The minimum Gasteiger partial charge on any atom is -0.392 e. The van der Waals surface area contributed by atoms with Crippen molar-refractivity contribution < 1.29 is 14.7 Å². The lowest BCUT2D eigenvalue weighted by molar-refractivity contribution is -0.146. The van der Waals surface area contributed by atoms with Crippen molar-refractivity contribution in [3.63, 3.8) is 0 Å². The molecule has 1 saturated heterocycles. The average molecular weight is 514 g/mol. The third-order valence-electron chi connectivity index (χ3n) is 9.17. The number of nitrogens with zero attached hydrogens (tertiary/aromatic N) is 4. The Morgan fingerprint density at radius 1 is 1.25 bits per heavy atom. The molecule has 6 unspecified atom stereocenters. The van der Waals surface area contributed by atoms with Crippen molar-refractivity contribution in [1.82, 2.24) is 19.4 Å². The molecule has 3 aliphatic rings. The third-order valence-corrected chi connectivity index (χ3v) is 10.2. The Kier molecular flexibility index (Phi) is 6.76. The van der Waals surface area contributed by atoms with Gasteiger partial charge in [-0.25, -0.2) is 4.98 Å². The smallest absolute Gasteiger partial charge is 0.274 e. The van der Waals surface area contributed by atoms with Gasteiger partial charge in [0.2, 0.25) is 5.91 Å². The third kappa shape index (κ3) is 4.39. The molecule has 36 heavy (non-hydrogen) atoms. The highest BCUT2D eigenvalue weighted by Gasteiger charge is 2.54. The Morgan fingerprint density at radius 3 is 2.64 bits per heavy atom. The number of aromatic nitrogens is 2. The topological polar surface area (TPSA) is 90.7 Å². The van der Waals surface area contributed by atoms with Gasteiger partial charge in [-0.15, -0.1) is 11.3 Å². The normalized spacial score (nSPS) is 31.4. The first-order valence-electron chi connectivity index (χ1n) is 13.2. The summed E-state index contributed by atoms with van der Waals surface area (Å²) in [5, 5.41) is 15.3. The lowest BCUT2D eigenvalue weighted by atomic mass is 9.53. The van der Waals surface area contributed by atoms with E-state index in [2.05, 4.69) is 31.1 Å². The number of carbonyl (C=O) groups is 2. The Labute approximate surface area is 217 Å². The fraction of sp³-hybridized carbons (Fsp3) is 0.667. The molecule has 1 saturated carbocycles. The number of nitrogens with one attached hydrogen (secondary N) is 1. The molecule has 2 N–H and O–H groups in total. The first kappa shape index (κ1) is 25.4.